The van der Waals surface area contributed by atoms with Gasteiger partial charge < -0.3 is 19.7 Å². The first kappa shape index (κ1) is 25.9. The van der Waals surface area contributed by atoms with E-state index in [1.54, 1.807) is 7.11 Å². The van der Waals surface area contributed by atoms with Crippen molar-refractivity contribution in [1.82, 2.24) is 9.55 Å². The predicted octanol–water partition coefficient (Wildman–Crippen LogP) is 7.21. The van der Waals surface area contributed by atoms with Gasteiger partial charge in [-0.05, 0) is 72.9 Å². The van der Waals surface area contributed by atoms with Crippen LogP contribution in [0.25, 0.3) is 11.0 Å². The molecule has 2 aromatic carbocycles. The number of aliphatic carboxylic acids is 1. The summed E-state index contributed by atoms with van der Waals surface area (Å²) in [6, 6.07) is 8.77. The minimum Gasteiger partial charge on any atom is -0.496 e. The summed E-state index contributed by atoms with van der Waals surface area (Å²) in [7, 11) is 1.55. The third-order valence-electron chi connectivity index (χ3n) is 6.90. The lowest BCUT2D eigenvalue weighted by Crippen LogP contribution is -2.29. The Morgan fingerprint density at radius 1 is 1.22 bits per heavy atom. The smallest absolute Gasteiger partial charge is 0.416 e. The number of imidazole rings is 1. The number of anilines is 2. The van der Waals surface area contributed by atoms with E-state index in [4.69, 9.17) is 14.8 Å². The lowest BCUT2D eigenvalue weighted by Gasteiger charge is -2.40. The van der Waals surface area contributed by atoms with Crippen molar-refractivity contribution in [3.63, 3.8) is 0 Å². The summed E-state index contributed by atoms with van der Waals surface area (Å²) in [6.07, 6.45) is -1.16. The van der Waals surface area contributed by atoms with Gasteiger partial charge in [0.1, 0.15) is 5.75 Å². The number of carbonyl (C=O) groups is 1. The van der Waals surface area contributed by atoms with E-state index in [1.165, 1.54) is 12.1 Å². The number of hydrogen-bond acceptors (Lipinski definition) is 4. The Bertz CT molecular complexity index is 1250. The van der Waals surface area contributed by atoms with Crippen molar-refractivity contribution in [2.45, 2.75) is 65.1 Å². The first-order valence-electron chi connectivity index (χ1n) is 12.1. The van der Waals surface area contributed by atoms with Crippen molar-refractivity contribution in [3.05, 3.63) is 47.5 Å². The summed E-state index contributed by atoms with van der Waals surface area (Å²) in [5.41, 5.74) is 2.18. The summed E-state index contributed by atoms with van der Waals surface area (Å²) >= 11 is 0. The third-order valence-corrected chi connectivity index (χ3v) is 6.90. The number of fused-ring (bicyclic) bond motifs is 1. The maximum absolute atomic E-state index is 13.0. The van der Waals surface area contributed by atoms with Crippen LogP contribution in [-0.4, -0.2) is 27.7 Å². The number of hydrogen-bond donors (Lipinski definition) is 2. The highest BCUT2D eigenvalue weighted by Gasteiger charge is 2.35. The van der Waals surface area contributed by atoms with E-state index in [0.717, 1.165) is 42.5 Å². The summed E-state index contributed by atoms with van der Waals surface area (Å²) < 4.78 is 46.9. The second-order valence-corrected chi connectivity index (χ2v) is 10.6. The topological polar surface area (TPSA) is 76.4 Å². The SMILES string of the molecule is COc1cc2c(cc1CCC(=O)O)nc(Nc1ccc(C(F)(F)F)cc1)n2C1CC(C)CC(C)(C)C1. The van der Waals surface area contributed by atoms with Crippen LogP contribution >= 0.6 is 0 Å². The minimum absolute atomic E-state index is 0.0342. The molecule has 36 heavy (non-hydrogen) atoms. The fourth-order valence-corrected chi connectivity index (χ4v) is 5.61. The van der Waals surface area contributed by atoms with Gasteiger partial charge in [-0.25, -0.2) is 4.98 Å². The van der Waals surface area contributed by atoms with Gasteiger partial charge in [0.2, 0.25) is 5.95 Å². The normalized spacial score (nSPS) is 19.9. The Balaban J connectivity index is 1.80. The Labute approximate surface area is 208 Å². The van der Waals surface area contributed by atoms with Crippen molar-refractivity contribution in [1.29, 1.82) is 0 Å². The lowest BCUT2D eigenvalue weighted by atomic mass is 9.70. The van der Waals surface area contributed by atoms with Crippen molar-refractivity contribution >= 4 is 28.6 Å². The second-order valence-electron chi connectivity index (χ2n) is 10.6. The molecule has 4 rings (SSSR count). The van der Waals surface area contributed by atoms with Crippen molar-refractivity contribution in [2.24, 2.45) is 11.3 Å². The molecule has 9 heteroatoms. The molecule has 2 unspecified atom stereocenters. The highest BCUT2D eigenvalue weighted by molar-refractivity contribution is 5.83. The molecule has 1 aliphatic rings. The average Bonchev–Trinajstić information content (AvgIpc) is 3.11. The number of nitrogens with one attached hydrogen (secondary N) is 1. The Morgan fingerprint density at radius 2 is 1.92 bits per heavy atom. The number of carboxylic acid groups (broad SMARTS) is 1. The van der Waals surface area contributed by atoms with E-state index < -0.39 is 17.7 Å². The molecular formula is C27H32F3N3O3. The van der Waals surface area contributed by atoms with Crippen molar-refractivity contribution < 1.29 is 27.8 Å². The minimum atomic E-state index is -4.40. The monoisotopic (exact) mass is 503 g/mol. The Morgan fingerprint density at radius 3 is 2.50 bits per heavy atom. The molecule has 0 spiro atoms. The van der Waals surface area contributed by atoms with Gasteiger partial charge in [0.05, 0.1) is 23.7 Å². The Kier molecular flexibility index (Phi) is 6.94. The van der Waals surface area contributed by atoms with Crippen molar-refractivity contribution in [2.75, 3.05) is 12.4 Å². The zero-order chi connectivity index (χ0) is 26.3. The standard InChI is InChI=1S/C27H32F3N3O3/c1-16-11-20(15-26(2,3)14-16)33-22-13-23(36-4)17(5-10-24(34)35)12-21(22)32-25(33)31-19-8-6-18(7-9-19)27(28,29)30/h6-9,12-13,16,20H,5,10-11,14-15H2,1-4H3,(H,31,32)(H,34,35). The van der Waals surface area contributed by atoms with Crippen LogP contribution in [-0.2, 0) is 17.4 Å². The number of carboxylic acids is 1. The maximum Gasteiger partial charge on any atom is 0.416 e. The largest absolute Gasteiger partial charge is 0.496 e. The summed E-state index contributed by atoms with van der Waals surface area (Å²) in [4.78, 5) is 16.0. The highest BCUT2D eigenvalue weighted by Crippen LogP contribution is 2.46. The molecule has 1 aliphatic carbocycles. The number of aryl methyl sites for hydroxylation is 1. The lowest BCUT2D eigenvalue weighted by molar-refractivity contribution is -0.138. The summed E-state index contributed by atoms with van der Waals surface area (Å²) in [6.45, 7) is 6.74. The van der Waals surface area contributed by atoms with Crippen molar-refractivity contribution in [3.8, 4) is 5.75 Å². The van der Waals surface area contributed by atoms with Gasteiger partial charge in [-0.15, -0.1) is 0 Å². The number of benzene rings is 2. The fourth-order valence-electron chi connectivity index (χ4n) is 5.61. The van der Waals surface area contributed by atoms with Gasteiger partial charge in [0.15, 0.2) is 0 Å². The maximum atomic E-state index is 13.0. The van der Waals surface area contributed by atoms with Crippen LogP contribution in [0.15, 0.2) is 36.4 Å². The Hall–Kier alpha value is -3.23. The zero-order valence-electron chi connectivity index (χ0n) is 20.9. The quantitative estimate of drug-likeness (QED) is 0.356. The van der Waals surface area contributed by atoms with Crippen LogP contribution in [0.5, 0.6) is 5.75 Å². The van der Waals surface area contributed by atoms with E-state index in [1.807, 2.05) is 12.1 Å². The molecule has 2 atom stereocenters. The van der Waals surface area contributed by atoms with E-state index in [-0.39, 0.29) is 17.9 Å². The number of ether oxygens (including phenoxy) is 1. The van der Waals surface area contributed by atoms with Crippen LogP contribution < -0.4 is 10.1 Å². The van der Waals surface area contributed by atoms with Crippen LogP contribution in [0, 0.1) is 11.3 Å². The molecule has 2 N–H and O–H groups in total. The predicted molar refractivity (Wildman–Crippen MR) is 133 cm³/mol. The first-order chi connectivity index (χ1) is 16.9. The summed E-state index contributed by atoms with van der Waals surface area (Å²) in [5.74, 6) is 0.726. The van der Waals surface area contributed by atoms with Crippen LogP contribution in [0.1, 0.15) is 63.6 Å². The molecule has 0 saturated heterocycles. The molecular weight excluding hydrogens is 471 g/mol. The van der Waals surface area contributed by atoms with E-state index in [9.17, 15) is 18.0 Å². The number of rotatable bonds is 7. The fraction of sp³-hybridized carbons (Fsp3) is 0.481. The van der Waals surface area contributed by atoms with E-state index in [0.29, 0.717) is 35.2 Å². The number of alkyl halides is 3. The molecule has 0 aliphatic heterocycles. The van der Waals surface area contributed by atoms with E-state index >= 15 is 0 Å². The van der Waals surface area contributed by atoms with Gasteiger partial charge in [-0.2, -0.15) is 13.2 Å². The number of nitrogens with zero attached hydrogens (tertiary/aromatic N) is 2. The second kappa shape index (κ2) is 9.67. The molecule has 1 fully saturated rings. The van der Waals surface area contributed by atoms with Gasteiger partial charge >= 0.3 is 12.1 Å². The van der Waals surface area contributed by atoms with Gasteiger partial charge in [-0.1, -0.05) is 20.8 Å². The van der Waals surface area contributed by atoms with Crippen LogP contribution in [0.2, 0.25) is 0 Å². The highest BCUT2D eigenvalue weighted by atomic mass is 19.4. The molecule has 194 valence electrons. The summed E-state index contributed by atoms with van der Waals surface area (Å²) in [5, 5.41) is 12.4. The molecule has 1 aromatic heterocycles. The number of halogens is 3. The number of aromatic nitrogens is 2. The number of methoxy groups -OCH3 is 1. The molecule has 1 heterocycles. The third kappa shape index (κ3) is 5.60. The zero-order valence-corrected chi connectivity index (χ0v) is 20.9. The molecule has 0 radical (unpaired) electrons. The van der Waals surface area contributed by atoms with Gasteiger partial charge in [0, 0.05) is 24.2 Å². The van der Waals surface area contributed by atoms with Crippen LogP contribution in [0.4, 0.5) is 24.8 Å². The van der Waals surface area contributed by atoms with Crippen LogP contribution in [0.3, 0.4) is 0 Å². The molecule has 0 bridgehead atoms. The molecule has 1 saturated carbocycles. The molecule has 3 aromatic rings. The molecule has 0 amide bonds. The van der Waals surface area contributed by atoms with E-state index in [2.05, 4.69) is 30.7 Å². The first-order valence-corrected chi connectivity index (χ1v) is 12.1. The molecule has 6 nitrogen and oxygen atoms in total. The average molecular weight is 504 g/mol. The van der Waals surface area contributed by atoms with Gasteiger partial charge in [-0.3, -0.25) is 4.79 Å². The van der Waals surface area contributed by atoms with Gasteiger partial charge in [0.25, 0.3) is 0 Å².